The van der Waals surface area contributed by atoms with Crippen LogP contribution < -0.4 is 9.50 Å². The summed E-state index contributed by atoms with van der Waals surface area (Å²) >= 11 is 1.02. The number of nitrogens with one attached hydrogen (secondary N) is 1. The van der Waals surface area contributed by atoms with Crippen molar-refractivity contribution in [1.29, 1.82) is 0 Å². The summed E-state index contributed by atoms with van der Waals surface area (Å²) in [4.78, 5) is 14.1. The van der Waals surface area contributed by atoms with E-state index in [9.17, 15) is 13.6 Å². The molecule has 31 heavy (non-hydrogen) atoms. The van der Waals surface area contributed by atoms with Crippen molar-refractivity contribution in [3.05, 3.63) is 24.2 Å². The third-order valence-electron chi connectivity index (χ3n) is 5.53. The Morgan fingerprint density at radius 3 is 2.68 bits per heavy atom. The van der Waals surface area contributed by atoms with Crippen LogP contribution in [0.15, 0.2) is 23.0 Å². The third-order valence-corrected chi connectivity index (χ3v) is 6.48. The van der Waals surface area contributed by atoms with Crippen molar-refractivity contribution in [1.82, 2.24) is 24.1 Å². The van der Waals surface area contributed by atoms with Crippen molar-refractivity contribution in [2.45, 2.75) is 38.7 Å². The van der Waals surface area contributed by atoms with Gasteiger partial charge in [-0.3, -0.25) is 10.00 Å². The standard InChI is InChI=1S/C18H26F2N6O3S.H2S/c1-18(2,25(4)30-29-13-11-24(3)22-15(13)16(19)20)12-5-8-26(9-6-12)17(27)21-14-7-10-28-23-14;/h7,10-12,16H,5-6,8-9H2,1-4H3,(H,21,23,27);1H2. The Labute approximate surface area is 191 Å². The normalized spacial score (nSPS) is 15.3. The number of amides is 2. The van der Waals surface area contributed by atoms with Crippen LogP contribution in [0.5, 0.6) is 5.75 Å². The fourth-order valence-corrected chi connectivity index (χ4v) is 4.06. The number of alkyl halides is 2. The molecule has 0 atom stereocenters. The van der Waals surface area contributed by atoms with Crippen molar-refractivity contribution in [2.75, 3.05) is 25.5 Å². The highest BCUT2D eigenvalue weighted by Gasteiger charge is 2.38. The fourth-order valence-electron chi connectivity index (χ4n) is 3.40. The zero-order valence-corrected chi connectivity index (χ0v) is 19.7. The summed E-state index contributed by atoms with van der Waals surface area (Å²) < 4.78 is 39.7. The molecule has 1 aliphatic rings. The van der Waals surface area contributed by atoms with E-state index in [0.29, 0.717) is 18.9 Å². The Hall–Kier alpha value is -1.99. The number of likely N-dealkylation sites (tertiary alicyclic amines) is 1. The van der Waals surface area contributed by atoms with Gasteiger partial charge >= 0.3 is 6.03 Å². The molecular formula is C18H28F2N6O3S2. The Bertz CT molecular complexity index is 841. The molecule has 13 heteroatoms. The van der Waals surface area contributed by atoms with Gasteiger partial charge in [-0.2, -0.15) is 18.6 Å². The van der Waals surface area contributed by atoms with Crippen molar-refractivity contribution >= 4 is 37.6 Å². The molecule has 3 heterocycles. The molecule has 0 unspecified atom stereocenters. The molecule has 3 rings (SSSR count). The molecule has 2 amide bonds. The topological polar surface area (TPSA) is 88.7 Å². The van der Waals surface area contributed by atoms with Gasteiger partial charge in [-0.1, -0.05) is 5.16 Å². The van der Waals surface area contributed by atoms with Crippen LogP contribution in [0.1, 0.15) is 38.8 Å². The number of nitrogens with zero attached hydrogens (tertiary/aromatic N) is 5. The number of piperidine rings is 1. The second-order valence-corrected chi connectivity index (χ2v) is 8.60. The van der Waals surface area contributed by atoms with Gasteiger partial charge in [0.15, 0.2) is 17.3 Å². The largest absolute Gasteiger partial charge is 0.406 e. The van der Waals surface area contributed by atoms with Crippen LogP contribution in [-0.2, 0) is 7.05 Å². The van der Waals surface area contributed by atoms with Crippen LogP contribution in [-0.4, -0.2) is 55.8 Å². The minimum atomic E-state index is -2.70. The maximum absolute atomic E-state index is 13.1. The Kier molecular flexibility index (Phi) is 8.60. The number of hydrogen-bond acceptors (Lipinski definition) is 7. The van der Waals surface area contributed by atoms with Gasteiger partial charge < -0.3 is 13.6 Å². The van der Waals surface area contributed by atoms with Crippen molar-refractivity contribution < 1.29 is 22.3 Å². The highest BCUT2D eigenvalue weighted by atomic mass is 32.2. The smallest absolute Gasteiger partial charge is 0.323 e. The van der Waals surface area contributed by atoms with Gasteiger partial charge in [0.1, 0.15) is 18.5 Å². The van der Waals surface area contributed by atoms with E-state index in [1.54, 1.807) is 18.0 Å². The van der Waals surface area contributed by atoms with Crippen LogP contribution in [0.25, 0.3) is 0 Å². The Balaban J connectivity index is 0.00000341. The maximum Gasteiger partial charge on any atom is 0.323 e. The summed E-state index contributed by atoms with van der Waals surface area (Å²) in [5.41, 5.74) is -0.658. The molecule has 1 fully saturated rings. The maximum atomic E-state index is 13.1. The lowest BCUT2D eigenvalue weighted by molar-refractivity contribution is 0.105. The lowest BCUT2D eigenvalue weighted by Crippen LogP contribution is -2.50. The molecule has 1 saturated heterocycles. The first-order valence-electron chi connectivity index (χ1n) is 9.55. The lowest BCUT2D eigenvalue weighted by atomic mass is 9.80. The predicted molar refractivity (Wildman–Crippen MR) is 118 cm³/mol. The second kappa shape index (κ2) is 10.6. The summed E-state index contributed by atoms with van der Waals surface area (Å²) in [5, 5.41) is 10.1. The number of halogens is 2. The van der Waals surface area contributed by atoms with Gasteiger partial charge in [-0.05, 0) is 32.6 Å². The molecule has 1 N–H and O–H groups in total. The van der Waals surface area contributed by atoms with Crippen molar-refractivity contribution in [3.63, 3.8) is 0 Å². The Morgan fingerprint density at radius 2 is 2.10 bits per heavy atom. The van der Waals surface area contributed by atoms with E-state index >= 15 is 0 Å². The van der Waals surface area contributed by atoms with Crippen LogP contribution in [0.3, 0.4) is 0 Å². The van der Waals surface area contributed by atoms with Crippen molar-refractivity contribution in [2.24, 2.45) is 13.0 Å². The highest BCUT2D eigenvalue weighted by molar-refractivity contribution is 7.92. The zero-order valence-electron chi connectivity index (χ0n) is 17.8. The summed E-state index contributed by atoms with van der Waals surface area (Å²) in [6.45, 7) is 5.37. The van der Waals surface area contributed by atoms with Crippen LogP contribution >= 0.6 is 25.7 Å². The second-order valence-electron chi connectivity index (χ2n) is 7.74. The minimum absolute atomic E-state index is 0. The molecule has 9 nitrogen and oxygen atoms in total. The summed E-state index contributed by atoms with van der Waals surface area (Å²) in [5.74, 6) is 0.729. The van der Waals surface area contributed by atoms with Gasteiger partial charge in [0.2, 0.25) is 0 Å². The molecule has 0 aliphatic carbocycles. The van der Waals surface area contributed by atoms with Crippen LogP contribution in [0, 0.1) is 5.92 Å². The number of anilines is 1. The molecule has 0 spiro atoms. The van der Waals surface area contributed by atoms with Gasteiger partial charge in [-0.15, -0.1) is 0 Å². The van der Waals surface area contributed by atoms with E-state index in [2.05, 4.69) is 29.4 Å². The summed E-state index contributed by atoms with van der Waals surface area (Å²) in [7, 11) is 3.44. The number of aromatic nitrogens is 3. The molecule has 0 radical (unpaired) electrons. The van der Waals surface area contributed by atoms with E-state index in [1.807, 2.05) is 11.4 Å². The quantitative estimate of drug-likeness (QED) is 0.474. The lowest BCUT2D eigenvalue weighted by Gasteiger charge is -2.44. The number of rotatable bonds is 7. The highest BCUT2D eigenvalue weighted by Crippen LogP contribution is 2.37. The van der Waals surface area contributed by atoms with E-state index in [1.165, 1.54) is 17.1 Å². The SMILES string of the molecule is CN(SOc1cn(C)nc1C(F)F)C(C)(C)C1CCN(C(=O)Nc2ccon2)CC1.S. The van der Waals surface area contributed by atoms with E-state index in [0.717, 1.165) is 25.1 Å². The van der Waals surface area contributed by atoms with Gasteiger partial charge in [-0.25, -0.2) is 17.9 Å². The van der Waals surface area contributed by atoms with E-state index in [-0.39, 0.29) is 42.4 Å². The fraction of sp³-hybridized carbons (Fsp3) is 0.611. The number of aryl methyl sites for hydroxylation is 1. The molecule has 0 aromatic carbocycles. The summed E-state index contributed by atoms with van der Waals surface area (Å²) in [6.07, 6.45) is 1.74. The first kappa shape index (κ1) is 25.3. The number of carbonyl (C=O) groups is 1. The van der Waals surface area contributed by atoms with Crippen LogP contribution in [0.4, 0.5) is 19.4 Å². The molecule has 0 saturated carbocycles. The Morgan fingerprint density at radius 1 is 1.42 bits per heavy atom. The molecule has 1 aliphatic heterocycles. The third kappa shape index (κ3) is 6.04. The molecular weight excluding hydrogens is 450 g/mol. The molecule has 0 bridgehead atoms. The average Bonchev–Trinajstić information content (AvgIpc) is 3.35. The van der Waals surface area contributed by atoms with Gasteiger partial charge in [0.05, 0.1) is 6.20 Å². The van der Waals surface area contributed by atoms with Crippen LogP contribution in [0.2, 0.25) is 0 Å². The average molecular weight is 479 g/mol. The van der Waals surface area contributed by atoms with Crippen molar-refractivity contribution in [3.8, 4) is 5.75 Å². The monoisotopic (exact) mass is 478 g/mol. The molecule has 2 aromatic rings. The number of hydrogen-bond donors (Lipinski definition) is 1. The predicted octanol–water partition coefficient (Wildman–Crippen LogP) is 4.06. The van der Waals surface area contributed by atoms with Gasteiger partial charge in [0, 0.05) is 38.8 Å². The minimum Gasteiger partial charge on any atom is -0.406 e. The van der Waals surface area contributed by atoms with E-state index < -0.39 is 6.43 Å². The first-order valence-corrected chi connectivity index (χ1v) is 10.2. The van der Waals surface area contributed by atoms with E-state index in [4.69, 9.17) is 8.71 Å². The molecule has 174 valence electrons. The molecule has 2 aromatic heterocycles. The number of carbonyl (C=O) groups excluding carboxylic acids is 1. The zero-order chi connectivity index (χ0) is 21.9. The first-order chi connectivity index (χ1) is 14.2. The summed E-state index contributed by atoms with van der Waals surface area (Å²) in [6, 6.07) is 1.38. The number of urea groups is 1. The van der Waals surface area contributed by atoms with Gasteiger partial charge in [0.25, 0.3) is 6.43 Å².